The van der Waals surface area contributed by atoms with Crippen molar-refractivity contribution in [3.63, 3.8) is 0 Å². The number of rotatable bonds is 5. The average molecular weight is 424 g/mol. The summed E-state index contributed by atoms with van der Waals surface area (Å²) in [4.78, 5) is 20.8. The number of nitrogens with one attached hydrogen (secondary N) is 3. The molecule has 1 aliphatic heterocycles. The van der Waals surface area contributed by atoms with Crippen molar-refractivity contribution in [2.45, 2.75) is 33.2 Å². The smallest absolute Gasteiger partial charge is 0.323 e. The Morgan fingerprint density at radius 2 is 2.00 bits per heavy atom. The Hall–Kier alpha value is -3.12. The van der Waals surface area contributed by atoms with E-state index in [0.717, 1.165) is 23.4 Å². The number of amides is 2. The zero-order chi connectivity index (χ0) is 21.5. The minimum absolute atomic E-state index is 0.0224. The number of hydrogen-bond donors (Lipinski definition) is 3. The molecular weight excluding hydrogens is 398 g/mol. The zero-order valence-electron chi connectivity index (χ0n) is 17.3. The van der Waals surface area contributed by atoms with Gasteiger partial charge in [-0.1, -0.05) is 36.7 Å². The SMILES string of the molecule is Cc1cncc(NC(=O)Nc2cccc([C@H](C)NC3=CC(C)C/C=C/C(Cl)=N3)c2)c1. The van der Waals surface area contributed by atoms with Crippen LogP contribution in [0.25, 0.3) is 0 Å². The van der Waals surface area contributed by atoms with Crippen LogP contribution in [0.5, 0.6) is 0 Å². The lowest BCUT2D eigenvalue weighted by molar-refractivity contribution is 0.262. The minimum Gasteiger partial charge on any atom is -0.364 e. The summed E-state index contributed by atoms with van der Waals surface area (Å²) in [7, 11) is 0. The van der Waals surface area contributed by atoms with Gasteiger partial charge in [-0.2, -0.15) is 0 Å². The number of aryl methyl sites for hydroxylation is 1. The molecular formula is C23H26ClN5O. The number of aromatic nitrogens is 1. The summed E-state index contributed by atoms with van der Waals surface area (Å²) in [6.45, 7) is 6.10. The van der Waals surface area contributed by atoms with E-state index in [4.69, 9.17) is 11.6 Å². The first-order valence-corrected chi connectivity index (χ1v) is 10.3. The highest BCUT2D eigenvalue weighted by Gasteiger charge is 2.11. The van der Waals surface area contributed by atoms with Gasteiger partial charge in [0.15, 0.2) is 0 Å². The molecule has 2 heterocycles. The Balaban J connectivity index is 1.67. The van der Waals surface area contributed by atoms with E-state index in [1.165, 1.54) is 0 Å². The summed E-state index contributed by atoms with van der Waals surface area (Å²) in [6, 6.07) is 9.21. The van der Waals surface area contributed by atoms with Crippen molar-refractivity contribution in [1.29, 1.82) is 0 Å². The molecule has 156 valence electrons. The van der Waals surface area contributed by atoms with Gasteiger partial charge in [0, 0.05) is 11.9 Å². The Labute approximate surface area is 182 Å². The fourth-order valence-electron chi connectivity index (χ4n) is 3.10. The predicted octanol–water partition coefficient (Wildman–Crippen LogP) is 5.76. The van der Waals surface area contributed by atoms with Crippen molar-refractivity contribution in [2.75, 3.05) is 10.6 Å². The summed E-state index contributed by atoms with van der Waals surface area (Å²) < 4.78 is 0. The van der Waals surface area contributed by atoms with Gasteiger partial charge in [0.05, 0.1) is 17.9 Å². The molecule has 1 aliphatic rings. The molecule has 0 fully saturated rings. The van der Waals surface area contributed by atoms with E-state index in [1.54, 1.807) is 12.4 Å². The number of aliphatic imine (C=N–C) groups is 1. The Morgan fingerprint density at radius 3 is 2.80 bits per heavy atom. The highest BCUT2D eigenvalue weighted by Crippen LogP contribution is 2.21. The van der Waals surface area contributed by atoms with Gasteiger partial charge in [-0.15, -0.1) is 0 Å². The molecule has 1 aromatic carbocycles. The van der Waals surface area contributed by atoms with Crippen molar-refractivity contribution in [1.82, 2.24) is 10.3 Å². The van der Waals surface area contributed by atoms with Crippen LogP contribution >= 0.6 is 11.6 Å². The molecule has 0 saturated heterocycles. The topological polar surface area (TPSA) is 78.4 Å². The summed E-state index contributed by atoms with van der Waals surface area (Å²) in [5.41, 5.74) is 3.34. The number of carbonyl (C=O) groups excluding carboxylic acids is 1. The van der Waals surface area contributed by atoms with Crippen LogP contribution in [-0.4, -0.2) is 16.2 Å². The van der Waals surface area contributed by atoms with Crippen LogP contribution in [0.2, 0.25) is 0 Å². The summed E-state index contributed by atoms with van der Waals surface area (Å²) in [5, 5.41) is 9.51. The number of pyridine rings is 1. The lowest BCUT2D eigenvalue weighted by Crippen LogP contribution is -2.21. The first-order valence-electron chi connectivity index (χ1n) is 9.88. The Morgan fingerprint density at radius 1 is 1.20 bits per heavy atom. The fraction of sp³-hybridized carbons (Fsp3) is 0.261. The maximum atomic E-state index is 12.3. The van der Waals surface area contributed by atoms with Gasteiger partial charge in [-0.05, 0) is 67.7 Å². The Bertz CT molecular complexity index is 999. The molecule has 0 saturated carbocycles. The van der Waals surface area contributed by atoms with Crippen molar-refractivity contribution in [3.8, 4) is 0 Å². The average Bonchev–Trinajstić information content (AvgIpc) is 2.66. The third-order valence-electron chi connectivity index (χ3n) is 4.57. The van der Waals surface area contributed by atoms with Crippen molar-refractivity contribution >= 4 is 34.2 Å². The number of allylic oxidation sites excluding steroid dienone is 3. The van der Waals surface area contributed by atoms with Gasteiger partial charge >= 0.3 is 6.03 Å². The van der Waals surface area contributed by atoms with Crippen molar-refractivity contribution in [3.05, 3.63) is 77.9 Å². The van der Waals surface area contributed by atoms with E-state index < -0.39 is 0 Å². The summed E-state index contributed by atoms with van der Waals surface area (Å²) in [6.07, 6.45) is 10.2. The standard InChI is InChI=1S/C23H26ClN5O/c1-15-6-4-9-21(24)29-22(11-15)26-17(3)18-7-5-8-19(12-18)27-23(30)28-20-10-16(2)13-25-14-20/h4-5,7-15,17,26H,6H2,1-3H3,(H2,27,28,30)/b9-4+,22-11?,29-21?/t15?,17-/m0/s1. The molecule has 1 unspecified atom stereocenters. The molecule has 3 rings (SSSR count). The summed E-state index contributed by atoms with van der Waals surface area (Å²) in [5.74, 6) is 1.10. The lowest BCUT2D eigenvalue weighted by Gasteiger charge is -2.19. The van der Waals surface area contributed by atoms with E-state index >= 15 is 0 Å². The molecule has 3 N–H and O–H groups in total. The fourth-order valence-corrected chi connectivity index (χ4v) is 3.28. The summed E-state index contributed by atoms with van der Waals surface area (Å²) >= 11 is 6.15. The van der Waals surface area contributed by atoms with E-state index in [9.17, 15) is 4.79 Å². The van der Waals surface area contributed by atoms with Crippen LogP contribution < -0.4 is 16.0 Å². The number of nitrogens with zero attached hydrogens (tertiary/aromatic N) is 2. The van der Waals surface area contributed by atoms with Gasteiger partial charge in [0.2, 0.25) is 0 Å². The quantitative estimate of drug-likeness (QED) is 0.572. The van der Waals surface area contributed by atoms with Crippen molar-refractivity contribution in [2.24, 2.45) is 10.9 Å². The van der Waals surface area contributed by atoms with Gasteiger partial charge < -0.3 is 16.0 Å². The highest BCUT2D eigenvalue weighted by molar-refractivity contribution is 6.68. The third kappa shape index (κ3) is 6.46. The zero-order valence-corrected chi connectivity index (χ0v) is 18.1. The van der Waals surface area contributed by atoms with Crippen LogP contribution in [0.15, 0.2) is 71.8 Å². The molecule has 2 amide bonds. The van der Waals surface area contributed by atoms with Crippen LogP contribution in [0.4, 0.5) is 16.2 Å². The third-order valence-corrected chi connectivity index (χ3v) is 4.79. The predicted molar refractivity (Wildman–Crippen MR) is 124 cm³/mol. The molecule has 0 spiro atoms. The van der Waals surface area contributed by atoms with Crippen LogP contribution in [0.1, 0.15) is 37.4 Å². The molecule has 30 heavy (non-hydrogen) atoms. The molecule has 1 aromatic heterocycles. The van der Waals surface area contributed by atoms with Crippen LogP contribution in [0.3, 0.4) is 0 Å². The molecule has 7 heteroatoms. The van der Waals surface area contributed by atoms with Gasteiger partial charge in [0.1, 0.15) is 11.0 Å². The molecule has 2 aromatic rings. The second-order valence-corrected chi connectivity index (χ2v) is 7.81. The second-order valence-electron chi connectivity index (χ2n) is 7.42. The molecule has 0 aliphatic carbocycles. The number of hydrogen-bond acceptors (Lipinski definition) is 4. The molecule has 6 nitrogen and oxygen atoms in total. The van der Waals surface area contributed by atoms with Crippen LogP contribution in [0, 0.1) is 12.8 Å². The van der Waals surface area contributed by atoms with Crippen molar-refractivity contribution < 1.29 is 4.79 Å². The van der Waals surface area contributed by atoms with Gasteiger partial charge in [-0.3, -0.25) is 4.98 Å². The number of anilines is 2. The van der Waals surface area contributed by atoms with E-state index in [-0.39, 0.29) is 12.1 Å². The largest absolute Gasteiger partial charge is 0.364 e. The van der Waals surface area contributed by atoms with Crippen LogP contribution in [-0.2, 0) is 0 Å². The molecule has 2 atom stereocenters. The molecule has 0 bridgehead atoms. The lowest BCUT2D eigenvalue weighted by atomic mass is 10.1. The van der Waals surface area contributed by atoms with E-state index in [2.05, 4.69) is 38.9 Å². The van der Waals surface area contributed by atoms with Gasteiger partial charge in [-0.25, -0.2) is 9.79 Å². The number of urea groups is 1. The number of halogens is 1. The van der Waals surface area contributed by atoms with E-state index in [0.29, 0.717) is 22.5 Å². The molecule has 0 radical (unpaired) electrons. The first kappa shape index (κ1) is 21.6. The minimum atomic E-state index is -0.320. The monoisotopic (exact) mass is 423 g/mol. The van der Waals surface area contributed by atoms with E-state index in [1.807, 2.05) is 56.3 Å². The normalized spacial score (nSPS) is 18.2. The maximum Gasteiger partial charge on any atom is 0.323 e. The number of carbonyl (C=O) groups is 1. The number of benzene rings is 1. The van der Waals surface area contributed by atoms with Gasteiger partial charge in [0.25, 0.3) is 0 Å². The Kier molecular flexibility index (Phi) is 7.25. The second kappa shape index (κ2) is 10.1. The highest BCUT2D eigenvalue weighted by atomic mass is 35.5. The maximum absolute atomic E-state index is 12.3. The first-order chi connectivity index (χ1) is 14.4.